The van der Waals surface area contributed by atoms with Gasteiger partial charge in [-0.2, -0.15) is 0 Å². The Morgan fingerprint density at radius 3 is 2.39 bits per heavy atom. The van der Waals surface area contributed by atoms with Crippen molar-refractivity contribution in [2.45, 2.75) is 17.4 Å². The van der Waals surface area contributed by atoms with E-state index in [-0.39, 0.29) is 5.91 Å². The molecule has 2 aromatic carbocycles. The Bertz CT molecular complexity index is 1060. The van der Waals surface area contributed by atoms with Gasteiger partial charge >= 0.3 is 0 Å². The number of benzene rings is 2. The predicted molar refractivity (Wildman–Crippen MR) is 107 cm³/mol. The van der Waals surface area contributed by atoms with Gasteiger partial charge in [0.1, 0.15) is 11.0 Å². The molecule has 0 aliphatic heterocycles. The summed E-state index contributed by atoms with van der Waals surface area (Å²) in [4.78, 5) is 13.0. The van der Waals surface area contributed by atoms with E-state index in [0.717, 1.165) is 16.8 Å². The number of aryl methyl sites for hydroxylation is 1. The van der Waals surface area contributed by atoms with Crippen LogP contribution in [-0.4, -0.2) is 16.1 Å². The van der Waals surface area contributed by atoms with Crippen molar-refractivity contribution in [3.05, 3.63) is 84.3 Å². The zero-order valence-corrected chi connectivity index (χ0v) is 15.8. The highest BCUT2D eigenvalue weighted by molar-refractivity contribution is 8.00. The molecule has 0 saturated heterocycles. The van der Waals surface area contributed by atoms with Crippen LogP contribution in [-0.2, 0) is 4.79 Å². The molecule has 1 atom stereocenters. The summed E-state index contributed by atoms with van der Waals surface area (Å²) in [5.41, 5.74) is 2.32. The molecule has 4 rings (SSSR count). The minimum absolute atomic E-state index is 0.165. The van der Waals surface area contributed by atoms with Crippen LogP contribution in [0.3, 0.4) is 0 Å². The maximum atomic E-state index is 13.0. The molecule has 140 valence electrons. The molecular weight excluding hydrogens is 374 g/mol. The summed E-state index contributed by atoms with van der Waals surface area (Å²) in [6.07, 6.45) is 1.57. The van der Waals surface area contributed by atoms with E-state index in [0.29, 0.717) is 16.9 Å². The molecule has 1 unspecified atom stereocenters. The Labute approximate surface area is 166 Å². The number of nitrogens with zero attached hydrogens (tertiary/aromatic N) is 2. The predicted octanol–water partition coefficient (Wildman–Crippen LogP) is 5.11. The smallest absolute Gasteiger partial charge is 0.277 e. The highest BCUT2D eigenvalue weighted by atomic mass is 32.2. The Morgan fingerprint density at radius 1 is 1.00 bits per heavy atom. The van der Waals surface area contributed by atoms with E-state index in [1.807, 2.05) is 67.6 Å². The molecule has 6 nitrogen and oxygen atoms in total. The van der Waals surface area contributed by atoms with Gasteiger partial charge in [-0.3, -0.25) is 4.79 Å². The number of carbonyl (C=O) groups excluding carboxylic acids is 1. The molecule has 0 fully saturated rings. The Balaban J connectivity index is 1.59. The van der Waals surface area contributed by atoms with E-state index in [9.17, 15) is 4.79 Å². The number of hydrogen-bond donors (Lipinski definition) is 1. The summed E-state index contributed by atoms with van der Waals surface area (Å²) in [5, 5.41) is 10.9. The van der Waals surface area contributed by atoms with Crippen molar-refractivity contribution < 1.29 is 13.6 Å². The number of nitrogens with one attached hydrogen (secondary N) is 1. The molecule has 0 bridgehead atoms. The van der Waals surface area contributed by atoms with Gasteiger partial charge in [0.2, 0.25) is 5.91 Å². The average Bonchev–Trinajstić information content (AvgIpc) is 3.36. The second-order valence-corrected chi connectivity index (χ2v) is 7.08. The first-order valence-corrected chi connectivity index (χ1v) is 9.54. The lowest BCUT2D eigenvalue weighted by Crippen LogP contribution is -2.19. The molecular formula is C21H17N3O3S. The third kappa shape index (κ3) is 3.99. The summed E-state index contributed by atoms with van der Waals surface area (Å²) >= 11 is 1.21. The van der Waals surface area contributed by atoms with E-state index >= 15 is 0 Å². The van der Waals surface area contributed by atoms with Crippen LogP contribution in [0, 0.1) is 6.92 Å². The number of hydrogen-bond acceptors (Lipinski definition) is 6. The number of thioether (sulfide) groups is 1. The number of anilines is 1. The van der Waals surface area contributed by atoms with Crippen LogP contribution in [0.4, 0.5) is 5.69 Å². The number of rotatable bonds is 6. The number of amides is 1. The van der Waals surface area contributed by atoms with Crippen molar-refractivity contribution in [2.75, 3.05) is 5.32 Å². The Morgan fingerprint density at radius 2 is 1.71 bits per heavy atom. The van der Waals surface area contributed by atoms with Crippen molar-refractivity contribution in [3.63, 3.8) is 0 Å². The summed E-state index contributed by atoms with van der Waals surface area (Å²) in [6.45, 7) is 1.83. The minimum atomic E-state index is -0.542. The molecule has 0 radical (unpaired) electrons. The van der Waals surface area contributed by atoms with E-state index in [1.54, 1.807) is 12.3 Å². The van der Waals surface area contributed by atoms with Crippen LogP contribution in [0.2, 0.25) is 0 Å². The molecule has 1 N–H and O–H groups in total. The maximum absolute atomic E-state index is 13.0. The third-order valence-electron chi connectivity index (χ3n) is 4.10. The fourth-order valence-corrected chi connectivity index (χ4v) is 3.58. The number of furan rings is 1. The van der Waals surface area contributed by atoms with Crippen molar-refractivity contribution in [3.8, 4) is 11.5 Å². The second kappa shape index (κ2) is 8.14. The lowest BCUT2D eigenvalue weighted by Gasteiger charge is -2.15. The summed E-state index contributed by atoms with van der Waals surface area (Å²) < 4.78 is 11.0. The highest BCUT2D eigenvalue weighted by Gasteiger charge is 2.25. The van der Waals surface area contributed by atoms with Crippen LogP contribution >= 0.6 is 11.8 Å². The van der Waals surface area contributed by atoms with Crippen molar-refractivity contribution in [2.24, 2.45) is 0 Å². The summed E-state index contributed by atoms with van der Waals surface area (Å²) in [5.74, 6) is 0.896. The third-order valence-corrected chi connectivity index (χ3v) is 5.18. The van der Waals surface area contributed by atoms with Gasteiger partial charge in [0, 0.05) is 5.69 Å². The number of carbonyl (C=O) groups is 1. The molecule has 0 aliphatic rings. The molecule has 7 heteroatoms. The van der Waals surface area contributed by atoms with Gasteiger partial charge in [-0.25, -0.2) is 0 Å². The fourth-order valence-electron chi connectivity index (χ4n) is 2.70. The summed E-state index contributed by atoms with van der Waals surface area (Å²) in [6, 6.07) is 20.6. The first kappa shape index (κ1) is 18.1. The number of para-hydroxylation sites is 1. The zero-order chi connectivity index (χ0) is 19.3. The molecule has 2 aromatic heterocycles. The van der Waals surface area contributed by atoms with E-state index in [4.69, 9.17) is 8.83 Å². The summed E-state index contributed by atoms with van der Waals surface area (Å²) in [7, 11) is 0. The number of aromatic nitrogens is 2. The molecule has 0 spiro atoms. The first-order valence-electron chi connectivity index (χ1n) is 8.66. The van der Waals surface area contributed by atoms with Crippen molar-refractivity contribution in [1.29, 1.82) is 0 Å². The van der Waals surface area contributed by atoms with Crippen molar-refractivity contribution >= 4 is 23.4 Å². The van der Waals surface area contributed by atoms with E-state index < -0.39 is 5.25 Å². The maximum Gasteiger partial charge on any atom is 0.277 e. The molecule has 4 aromatic rings. The standard InChI is InChI=1S/C21H17N3O3S/c1-14-17(12-13-26-14)20-23-24-21(27-20)28-18(15-8-4-2-5-9-15)19(25)22-16-10-6-3-7-11-16/h2-13,18H,1H3,(H,22,25). The molecule has 0 aliphatic carbocycles. The van der Waals surface area contributed by atoms with Crippen LogP contribution in [0.15, 0.2) is 87.1 Å². The lowest BCUT2D eigenvalue weighted by molar-refractivity contribution is -0.115. The van der Waals surface area contributed by atoms with Gasteiger partial charge in [0.05, 0.1) is 11.8 Å². The highest BCUT2D eigenvalue weighted by Crippen LogP contribution is 2.37. The molecule has 28 heavy (non-hydrogen) atoms. The second-order valence-electron chi connectivity index (χ2n) is 6.03. The topological polar surface area (TPSA) is 81.2 Å². The van der Waals surface area contributed by atoms with Gasteiger partial charge in [-0.1, -0.05) is 48.5 Å². The fraction of sp³-hybridized carbons (Fsp3) is 0.0952. The van der Waals surface area contributed by atoms with Crippen LogP contribution in [0.1, 0.15) is 16.6 Å². The van der Waals surface area contributed by atoms with Gasteiger partial charge in [-0.05, 0) is 42.4 Å². The quantitative estimate of drug-likeness (QED) is 0.460. The van der Waals surface area contributed by atoms with Gasteiger partial charge in [-0.15, -0.1) is 10.2 Å². The van der Waals surface area contributed by atoms with E-state index in [2.05, 4.69) is 15.5 Å². The van der Waals surface area contributed by atoms with E-state index in [1.165, 1.54) is 11.8 Å². The Kier molecular flexibility index (Phi) is 5.25. The molecule has 0 saturated carbocycles. The van der Waals surface area contributed by atoms with Crippen LogP contribution < -0.4 is 5.32 Å². The minimum Gasteiger partial charge on any atom is -0.469 e. The van der Waals surface area contributed by atoms with Crippen LogP contribution in [0.25, 0.3) is 11.5 Å². The SMILES string of the molecule is Cc1occc1-c1nnc(SC(C(=O)Nc2ccccc2)c2ccccc2)o1. The molecule has 1 amide bonds. The lowest BCUT2D eigenvalue weighted by atomic mass is 10.1. The van der Waals surface area contributed by atoms with Crippen LogP contribution in [0.5, 0.6) is 0 Å². The zero-order valence-electron chi connectivity index (χ0n) is 15.0. The van der Waals surface area contributed by atoms with Crippen molar-refractivity contribution in [1.82, 2.24) is 10.2 Å². The normalized spacial score (nSPS) is 11.9. The molecule has 2 heterocycles. The van der Waals surface area contributed by atoms with Gasteiger partial charge in [0.25, 0.3) is 11.1 Å². The average molecular weight is 391 g/mol. The largest absolute Gasteiger partial charge is 0.469 e. The van der Waals surface area contributed by atoms with Gasteiger partial charge in [0.15, 0.2) is 0 Å². The monoisotopic (exact) mass is 391 g/mol. The first-order chi connectivity index (χ1) is 13.7. The van der Waals surface area contributed by atoms with Gasteiger partial charge < -0.3 is 14.2 Å². The Hall–Kier alpha value is -3.32.